The number of carbonyl (C=O) groups excluding carboxylic acids is 2. The molecule has 0 aliphatic carbocycles. The fraction of sp³-hybridized carbons (Fsp3) is 0.136. The molecule has 0 unspecified atom stereocenters. The Labute approximate surface area is 181 Å². The molecule has 0 N–H and O–H groups in total. The number of aromatic nitrogens is 1. The largest absolute Gasteiger partial charge is 0.497 e. The van der Waals surface area contributed by atoms with Gasteiger partial charge in [0.25, 0.3) is 0 Å². The van der Waals surface area contributed by atoms with E-state index in [1.54, 1.807) is 23.6 Å². The minimum absolute atomic E-state index is 0.113. The third kappa shape index (κ3) is 4.95. The normalized spacial score (nSPS) is 10.9. The highest BCUT2D eigenvalue weighted by molar-refractivity contribution is 7.14. The van der Waals surface area contributed by atoms with E-state index in [0.717, 1.165) is 22.3 Å². The first-order valence-electron chi connectivity index (χ1n) is 8.99. The number of benzene rings is 2. The number of thiazole rings is 1. The number of carbonyl (C=O) groups is 2. The molecule has 3 rings (SSSR count). The molecule has 31 heavy (non-hydrogen) atoms. The molecule has 1 heterocycles. The molecule has 9 heteroatoms. The minimum atomic E-state index is -0.885. The molecular formula is C22H18F2N2O4S. The average Bonchev–Trinajstić information content (AvgIpc) is 3.21. The fourth-order valence-corrected chi connectivity index (χ4v) is 3.63. The summed E-state index contributed by atoms with van der Waals surface area (Å²) in [5, 5.41) is 1.80. The Bertz CT molecular complexity index is 1160. The van der Waals surface area contributed by atoms with Crippen molar-refractivity contribution in [2.24, 2.45) is 0 Å². The Hall–Kier alpha value is -3.59. The quantitative estimate of drug-likeness (QED) is 0.378. The molecule has 6 nitrogen and oxygen atoms in total. The van der Waals surface area contributed by atoms with E-state index in [-0.39, 0.29) is 16.6 Å². The van der Waals surface area contributed by atoms with E-state index in [9.17, 15) is 18.4 Å². The highest BCUT2D eigenvalue weighted by Crippen LogP contribution is 2.31. The number of halogens is 2. The van der Waals surface area contributed by atoms with E-state index in [0.29, 0.717) is 28.8 Å². The van der Waals surface area contributed by atoms with Gasteiger partial charge in [0.1, 0.15) is 23.1 Å². The zero-order valence-electron chi connectivity index (χ0n) is 16.9. The molecule has 0 bridgehead atoms. The van der Waals surface area contributed by atoms with Crippen LogP contribution in [0, 0.1) is 11.6 Å². The summed E-state index contributed by atoms with van der Waals surface area (Å²) in [4.78, 5) is 30.0. The summed E-state index contributed by atoms with van der Waals surface area (Å²) in [7, 11) is 2.96. The van der Waals surface area contributed by atoms with Crippen molar-refractivity contribution >= 4 is 39.9 Å². The van der Waals surface area contributed by atoms with Crippen molar-refractivity contribution in [1.82, 2.24) is 4.98 Å². The Kier molecular flexibility index (Phi) is 6.76. The van der Waals surface area contributed by atoms with Crippen LogP contribution in [0.2, 0.25) is 0 Å². The van der Waals surface area contributed by atoms with Crippen molar-refractivity contribution in [2.45, 2.75) is 6.92 Å². The summed E-state index contributed by atoms with van der Waals surface area (Å²) in [6.07, 6.45) is 2.80. The van der Waals surface area contributed by atoms with Gasteiger partial charge in [0.15, 0.2) is 10.9 Å². The van der Waals surface area contributed by atoms with Crippen molar-refractivity contribution in [1.29, 1.82) is 0 Å². The van der Waals surface area contributed by atoms with Crippen LogP contribution in [0.3, 0.4) is 0 Å². The highest BCUT2D eigenvalue weighted by atomic mass is 32.1. The SMILES string of the molecule is COc1ccc(C(=O)/C=C/c2csc(N(C(C)=O)c3ccc(F)cc3F)n2)c(OC)c1. The molecule has 0 atom stereocenters. The molecule has 3 aromatic rings. The molecule has 0 fully saturated rings. The zero-order valence-corrected chi connectivity index (χ0v) is 17.7. The van der Waals surface area contributed by atoms with Crippen molar-refractivity contribution in [2.75, 3.05) is 19.1 Å². The predicted molar refractivity (Wildman–Crippen MR) is 114 cm³/mol. The van der Waals surface area contributed by atoms with Crippen molar-refractivity contribution < 1.29 is 27.8 Å². The number of ketones is 1. The first-order chi connectivity index (χ1) is 14.8. The maximum atomic E-state index is 14.2. The van der Waals surface area contributed by atoms with Crippen molar-refractivity contribution in [3.8, 4) is 11.5 Å². The Morgan fingerprint density at radius 1 is 1.10 bits per heavy atom. The molecular weight excluding hydrogens is 426 g/mol. The summed E-state index contributed by atoms with van der Waals surface area (Å²) in [5.74, 6) is -1.53. The number of amides is 1. The Morgan fingerprint density at radius 3 is 2.52 bits per heavy atom. The third-order valence-electron chi connectivity index (χ3n) is 4.25. The van der Waals surface area contributed by atoms with Crippen LogP contribution >= 0.6 is 11.3 Å². The maximum Gasteiger partial charge on any atom is 0.230 e. The van der Waals surface area contributed by atoms with Gasteiger partial charge in [0.2, 0.25) is 5.91 Å². The summed E-state index contributed by atoms with van der Waals surface area (Å²) < 4.78 is 37.8. The summed E-state index contributed by atoms with van der Waals surface area (Å²) >= 11 is 1.08. The number of anilines is 2. The maximum absolute atomic E-state index is 14.2. The fourth-order valence-electron chi connectivity index (χ4n) is 2.78. The van der Waals surface area contributed by atoms with Gasteiger partial charge in [-0.2, -0.15) is 0 Å². The zero-order chi connectivity index (χ0) is 22.5. The van der Waals surface area contributed by atoms with Crippen LogP contribution < -0.4 is 14.4 Å². The molecule has 0 radical (unpaired) electrons. The molecule has 1 aromatic heterocycles. The first-order valence-corrected chi connectivity index (χ1v) is 9.87. The second kappa shape index (κ2) is 9.48. The van der Waals surface area contributed by atoms with E-state index in [4.69, 9.17) is 9.47 Å². The van der Waals surface area contributed by atoms with Gasteiger partial charge < -0.3 is 9.47 Å². The standard InChI is InChI=1S/C22H18F2N2O4S/c1-13(27)26(19-8-4-14(23)10-18(19)24)22-25-15(12-31-22)5-9-20(28)17-7-6-16(29-2)11-21(17)30-3/h4-12H,1-3H3/b9-5+. The number of ether oxygens (including phenoxy) is 2. The highest BCUT2D eigenvalue weighted by Gasteiger charge is 2.21. The van der Waals surface area contributed by atoms with Gasteiger partial charge in [-0.1, -0.05) is 0 Å². The number of allylic oxidation sites excluding steroid dienone is 1. The van der Waals surface area contributed by atoms with Crippen LogP contribution in [0.1, 0.15) is 23.0 Å². The van der Waals surface area contributed by atoms with Crippen molar-refractivity contribution in [3.05, 3.63) is 70.7 Å². The predicted octanol–water partition coefficient (Wildman–Crippen LogP) is 5.02. The third-order valence-corrected chi connectivity index (χ3v) is 5.09. The van der Waals surface area contributed by atoms with Gasteiger partial charge in [-0.3, -0.25) is 14.5 Å². The molecule has 0 spiro atoms. The molecule has 2 aromatic carbocycles. The second-order valence-corrected chi connectivity index (χ2v) is 7.11. The number of nitrogens with zero attached hydrogens (tertiary/aromatic N) is 2. The van der Waals surface area contributed by atoms with E-state index >= 15 is 0 Å². The second-order valence-electron chi connectivity index (χ2n) is 6.27. The van der Waals surface area contributed by atoms with Gasteiger partial charge >= 0.3 is 0 Å². The van der Waals surface area contributed by atoms with Crippen LogP contribution in [0.25, 0.3) is 6.08 Å². The van der Waals surface area contributed by atoms with Gasteiger partial charge in [0, 0.05) is 24.4 Å². The van der Waals surface area contributed by atoms with Crippen LogP contribution in [-0.4, -0.2) is 30.9 Å². The lowest BCUT2D eigenvalue weighted by Gasteiger charge is -2.18. The summed E-state index contributed by atoms with van der Waals surface area (Å²) in [5.41, 5.74) is 0.626. The topological polar surface area (TPSA) is 68.7 Å². The molecule has 0 saturated carbocycles. The number of hydrogen-bond acceptors (Lipinski definition) is 6. The smallest absolute Gasteiger partial charge is 0.230 e. The average molecular weight is 444 g/mol. The van der Waals surface area contributed by atoms with Crippen LogP contribution in [0.4, 0.5) is 19.6 Å². The lowest BCUT2D eigenvalue weighted by molar-refractivity contribution is -0.115. The number of hydrogen-bond donors (Lipinski definition) is 0. The van der Waals surface area contributed by atoms with Gasteiger partial charge in [-0.25, -0.2) is 13.8 Å². The van der Waals surface area contributed by atoms with Gasteiger partial charge in [-0.05, 0) is 36.4 Å². The molecule has 160 valence electrons. The summed E-state index contributed by atoms with van der Waals surface area (Å²) in [6.45, 7) is 1.25. The summed E-state index contributed by atoms with van der Waals surface area (Å²) in [6, 6.07) is 7.76. The lowest BCUT2D eigenvalue weighted by Crippen LogP contribution is -2.23. The first kappa shape index (κ1) is 22.1. The van der Waals surface area contributed by atoms with Crippen LogP contribution in [-0.2, 0) is 4.79 Å². The van der Waals surface area contributed by atoms with E-state index in [1.807, 2.05) is 0 Å². The van der Waals surface area contributed by atoms with Gasteiger partial charge in [0.05, 0.1) is 31.2 Å². The molecule has 0 aliphatic rings. The molecule has 0 saturated heterocycles. The lowest BCUT2D eigenvalue weighted by atomic mass is 10.1. The van der Waals surface area contributed by atoms with E-state index in [2.05, 4.69) is 4.98 Å². The van der Waals surface area contributed by atoms with E-state index < -0.39 is 17.5 Å². The Morgan fingerprint density at radius 2 is 1.87 bits per heavy atom. The monoisotopic (exact) mass is 444 g/mol. The van der Waals surface area contributed by atoms with E-state index in [1.165, 1.54) is 39.4 Å². The van der Waals surface area contributed by atoms with Crippen molar-refractivity contribution in [3.63, 3.8) is 0 Å². The van der Waals surface area contributed by atoms with Crippen LogP contribution in [0.5, 0.6) is 11.5 Å². The molecule has 1 amide bonds. The number of rotatable bonds is 7. The van der Waals surface area contributed by atoms with Gasteiger partial charge in [-0.15, -0.1) is 11.3 Å². The molecule has 0 aliphatic heterocycles. The Balaban J connectivity index is 1.85. The van der Waals surface area contributed by atoms with Crippen LogP contribution in [0.15, 0.2) is 47.9 Å². The number of methoxy groups -OCH3 is 2. The minimum Gasteiger partial charge on any atom is -0.497 e.